The van der Waals surface area contributed by atoms with E-state index in [-0.39, 0.29) is 36.5 Å². The topological polar surface area (TPSA) is 107 Å². The van der Waals surface area contributed by atoms with Crippen molar-refractivity contribution in [2.24, 2.45) is 10.4 Å². The molecule has 5 rings (SSSR count). The molecular weight excluding hydrogens is 583 g/mol. The number of ether oxygens (including phenoxy) is 1. The fourth-order valence-corrected chi connectivity index (χ4v) is 6.86. The number of hydrogen-bond donors (Lipinski definition) is 2. The van der Waals surface area contributed by atoms with Gasteiger partial charge in [0, 0.05) is 43.0 Å². The molecular formula is C30H34F3N5O4S. The van der Waals surface area contributed by atoms with Crippen LogP contribution in [-0.2, 0) is 14.3 Å². The quantitative estimate of drug-likeness (QED) is 0.302. The van der Waals surface area contributed by atoms with Crippen molar-refractivity contribution in [3.8, 4) is 0 Å². The first-order chi connectivity index (χ1) is 20.3. The minimum atomic E-state index is -3.12. The van der Waals surface area contributed by atoms with Crippen LogP contribution in [0.15, 0.2) is 58.7 Å². The number of nitrogens with one attached hydrogen (secondary N) is 1. The largest absolute Gasteiger partial charge is 0.478 e. The van der Waals surface area contributed by atoms with Crippen molar-refractivity contribution in [2.45, 2.75) is 51.2 Å². The maximum absolute atomic E-state index is 15.7. The molecule has 0 bridgehead atoms. The number of rotatable bonds is 10. The number of aliphatic carboxylic acids is 1. The molecule has 1 aromatic carbocycles. The van der Waals surface area contributed by atoms with E-state index in [0.29, 0.717) is 29.4 Å². The second-order valence-corrected chi connectivity index (χ2v) is 12.6. The number of hydrogen-bond acceptors (Lipinski definition) is 9. The van der Waals surface area contributed by atoms with Gasteiger partial charge in [0.25, 0.3) is 5.92 Å². The Labute approximate surface area is 251 Å². The Bertz CT molecular complexity index is 1480. The Morgan fingerprint density at radius 1 is 1.33 bits per heavy atom. The SMILES string of the molecule is C=CCOC(=O)C(C)(C)CN1CCC2C1C(F)(F)CN2CC1=C(C(=O)O)C(c2cccc(F)c2C)N=C(c2nccs2)N1. The van der Waals surface area contributed by atoms with Crippen molar-refractivity contribution in [2.75, 3.05) is 32.8 Å². The zero-order valence-corrected chi connectivity index (χ0v) is 25.0. The van der Waals surface area contributed by atoms with E-state index >= 15 is 8.78 Å². The van der Waals surface area contributed by atoms with Crippen molar-refractivity contribution < 1.29 is 32.6 Å². The summed E-state index contributed by atoms with van der Waals surface area (Å²) in [4.78, 5) is 37.5. The van der Waals surface area contributed by atoms with Crippen LogP contribution in [0.3, 0.4) is 0 Å². The third kappa shape index (κ3) is 5.98. The van der Waals surface area contributed by atoms with E-state index in [2.05, 4.69) is 21.9 Å². The number of carboxylic acids is 1. The van der Waals surface area contributed by atoms with Crippen molar-refractivity contribution in [3.63, 3.8) is 0 Å². The van der Waals surface area contributed by atoms with E-state index < -0.39 is 53.8 Å². The maximum atomic E-state index is 15.7. The first-order valence-electron chi connectivity index (χ1n) is 13.9. The van der Waals surface area contributed by atoms with Gasteiger partial charge in [-0.1, -0.05) is 24.8 Å². The number of benzene rings is 1. The molecule has 3 atom stereocenters. The number of thiazole rings is 1. The number of halogens is 3. The number of carbonyl (C=O) groups excluding carboxylic acids is 1. The van der Waals surface area contributed by atoms with Crippen LogP contribution >= 0.6 is 11.3 Å². The normalized spacial score (nSPS) is 24.0. The molecule has 3 unspecified atom stereocenters. The zero-order valence-electron chi connectivity index (χ0n) is 24.1. The van der Waals surface area contributed by atoms with Crippen molar-refractivity contribution in [1.29, 1.82) is 0 Å². The molecule has 43 heavy (non-hydrogen) atoms. The van der Waals surface area contributed by atoms with Crippen LogP contribution in [0, 0.1) is 18.2 Å². The summed E-state index contributed by atoms with van der Waals surface area (Å²) >= 11 is 1.28. The van der Waals surface area contributed by atoms with Gasteiger partial charge >= 0.3 is 11.9 Å². The summed E-state index contributed by atoms with van der Waals surface area (Å²) < 4.78 is 51.2. The van der Waals surface area contributed by atoms with Gasteiger partial charge in [0.1, 0.15) is 18.5 Å². The Hall–Kier alpha value is -3.55. The van der Waals surface area contributed by atoms with Gasteiger partial charge in [-0.05, 0) is 44.4 Å². The highest BCUT2D eigenvalue weighted by atomic mass is 32.1. The van der Waals surface area contributed by atoms with Crippen LogP contribution in [0.1, 0.15) is 42.4 Å². The molecule has 0 aliphatic carbocycles. The predicted octanol–water partition coefficient (Wildman–Crippen LogP) is 4.17. The lowest BCUT2D eigenvalue weighted by molar-refractivity contribution is -0.155. The van der Waals surface area contributed by atoms with Crippen molar-refractivity contribution in [1.82, 2.24) is 20.1 Å². The molecule has 3 aliphatic heterocycles. The maximum Gasteiger partial charge on any atom is 0.335 e. The van der Waals surface area contributed by atoms with Gasteiger partial charge in [-0.15, -0.1) is 11.3 Å². The standard InChI is InChI=1S/C30H34F3N5O4S/c1-5-12-42-28(41)29(3,4)15-37-11-9-21-24(37)30(32,33)16-38(21)14-20-22(27(39)40)23(18-7-6-8-19(31)17(18)2)36-25(35-20)26-34-10-13-43-26/h5-8,10,13,21,23-24H,1,9,11-12,14-16H2,2-4H3,(H,35,36)(H,39,40). The lowest BCUT2D eigenvalue weighted by Crippen LogP contribution is -2.50. The number of esters is 1. The molecule has 2 aromatic rings. The zero-order chi connectivity index (χ0) is 31.1. The van der Waals surface area contributed by atoms with Crippen molar-refractivity contribution in [3.05, 3.63) is 75.7 Å². The fourth-order valence-electron chi connectivity index (χ4n) is 6.27. The van der Waals surface area contributed by atoms with Gasteiger partial charge in [0.2, 0.25) is 0 Å². The number of alkyl halides is 2. The highest BCUT2D eigenvalue weighted by molar-refractivity contribution is 7.11. The van der Waals surface area contributed by atoms with Crippen LogP contribution in [-0.4, -0.2) is 88.5 Å². The summed E-state index contributed by atoms with van der Waals surface area (Å²) in [5.74, 6) is -5.11. The third-order valence-corrected chi connectivity index (χ3v) is 9.01. The third-order valence-electron chi connectivity index (χ3n) is 8.23. The number of carboxylic acid groups (broad SMARTS) is 1. The summed E-state index contributed by atoms with van der Waals surface area (Å²) in [6.45, 7) is 8.17. The molecule has 0 saturated carbocycles. The summed E-state index contributed by atoms with van der Waals surface area (Å²) in [5, 5.41) is 15.7. The summed E-state index contributed by atoms with van der Waals surface area (Å²) in [5.41, 5.74) is -0.345. The van der Waals surface area contributed by atoms with Gasteiger partial charge in [-0.25, -0.2) is 22.9 Å². The molecule has 0 radical (unpaired) electrons. The smallest absolute Gasteiger partial charge is 0.335 e. The highest BCUT2D eigenvalue weighted by Crippen LogP contribution is 2.44. The Morgan fingerprint density at radius 2 is 2.09 bits per heavy atom. The summed E-state index contributed by atoms with van der Waals surface area (Å²) in [6.07, 6.45) is 3.44. The van der Waals surface area contributed by atoms with E-state index in [9.17, 15) is 19.1 Å². The number of likely N-dealkylation sites (tertiary alicyclic amines) is 2. The first-order valence-corrected chi connectivity index (χ1v) is 14.8. The van der Waals surface area contributed by atoms with Crippen LogP contribution in [0.4, 0.5) is 13.2 Å². The molecule has 2 fully saturated rings. The number of fused-ring (bicyclic) bond motifs is 1. The minimum absolute atomic E-state index is 0.0364. The van der Waals surface area contributed by atoms with E-state index in [1.807, 2.05) is 0 Å². The molecule has 9 nitrogen and oxygen atoms in total. The Morgan fingerprint density at radius 3 is 2.77 bits per heavy atom. The predicted molar refractivity (Wildman–Crippen MR) is 156 cm³/mol. The van der Waals surface area contributed by atoms with Gasteiger partial charge in [-0.2, -0.15) is 0 Å². The molecule has 2 saturated heterocycles. The summed E-state index contributed by atoms with van der Waals surface area (Å²) in [7, 11) is 0. The molecule has 230 valence electrons. The molecule has 13 heteroatoms. The van der Waals surface area contributed by atoms with Gasteiger partial charge in [0.05, 0.1) is 23.6 Å². The Kier molecular flexibility index (Phi) is 8.52. The van der Waals surface area contributed by atoms with E-state index in [1.54, 1.807) is 48.2 Å². The van der Waals surface area contributed by atoms with Crippen LogP contribution < -0.4 is 5.32 Å². The number of amidine groups is 1. The second-order valence-electron chi connectivity index (χ2n) is 11.7. The molecule has 1 aromatic heterocycles. The van der Waals surface area contributed by atoms with Gasteiger partial charge in [0.15, 0.2) is 10.8 Å². The lowest BCUT2D eigenvalue weighted by atomic mass is 9.92. The monoisotopic (exact) mass is 617 g/mol. The molecule has 2 N–H and O–H groups in total. The minimum Gasteiger partial charge on any atom is -0.478 e. The number of aromatic nitrogens is 1. The lowest BCUT2D eigenvalue weighted by Gasteiger charge is -2.34. The molecule has 4 heterocycles. The van der Waals surface area contributed by atoms with Crippen LogP contribution in [0.2, 0.25) is 0 Å². The van der Waals surface area contributed by atoms with E-state index in [0.717, 1.165) is 0 Å². The summed E-state index contributed by atoms with van der Waals surface area (Å²) in [6, 6.07) is 1.57. The van der Waals surface area contributed by atoms with Crippen molar-refractivity contribution >= 4 is 29.1 Å². The number of nitrogens with zero attached hydrogens (tertiary/aromatic N) is 4. The van der Waals surface area contributed by atoms with E-state index in [1.165, 1.54) is 29.5 Å². The average Bonchev–Trinajstić information content (AvgIpc) is 3.67. The molecule has 0 spiro atoms. The first kappa shape index (κ1) is 30.9. The van der Waals surface area contributed by atoms with Gasteiger partial charge < -0.3 is 15.2 Å². The second kappa shape index (κ2) is 11.9. The Balaban J connectivity index is 1.46. The fraction of sp³-hybridized carbons (Fsp3) is 0.467. The number of aliphatic imine (C=N–C) groups is 1. The van der Waals surface area contributed by atoms with E-state index in [4.69, 9.17) is 4.74 Å². The highest BCUT2D eigenvalue weighted by Gasteiger charge is 2.60. The van der Waals surface area contributed by atoms with Gasteiger partial charge in [-0.3, -0.25) is 19.6 Å². The van der Waals surface area contributed by atoms with Crippen LogP contribution in [0.5, 0.6) is 0 Å². The number of carbonyl (C=O) groups is 2. The molecule has 0 amide bonds. The molecule has 3 aliphatic rings. The average molecular weight is 618 g/mol. The van der Waals surface area contributed by atoms with Crippen LogP contribution in [0.25, 0.3) is 0 Å².